The summed E-state index contributed by atoms with van der Waals surface area (Å²) in [6.07, 6.45) is 1.77. The van der Waals surface area contributed by atoms with Crippen LogP contribution in [0.5, 0.6) is 0 Å². The van der Waals surface area contributed by atoms with Crippen LogP contribution in [-0.2, 0) is 17.8 Å². The zero-order chi connectivity index (χ0) is 21.6. The van der Waals surface area contributed by atoms with Crippen molar-refractivity contribution in [1.29, 1.82) is 0 Å². The Kier molecular flexibility index (Phi) is 7.16. The van der Waals surface area contributed by atoms with Gasteiger partial charge in [-0.05, 0) is 43.5 Å². The Hall–Kier alpha value is -2.49. The van der Waals surface area contributed by atoms with Crippen LogP contribution in [0.4, 0.5) is 0 Å². The van der Waals surface area contributed by atoms with Crippen LogP contribution in [0.2, 0.25) is 0 Å². The minimum Gasteiger partial charge on any atom is -0.464 e. The zero-order valence-electron chi connectivity index (χ0n) is 18.1. The van der Waals surface area contributed by atoms with Gasteiger partial charge < -0.3 is 18.7 Å². The predicted molar refractivity (Wildman–Crippen MR) is 119 cm³/mol. The summed E-state index contributed by atoms with van der Waals surface area (Å²) in [5.41, 5.74) is 0. The van der Waals surface area contributed by atoms with Crippen molar-refractivity contribution >= 4 is 17.2 Å². The van der Waals surface area contributed by atoms with Crippen LogP contribution in [0, 0.1) is 6.92 Å². The molecule has 8 nitrogen and oxygen atoms in total. The summed E-state index contributed by atoms with van der Waals surface area (Å²) < 4.78 is 10.9. The van der Waals surface area contributed by atoms with Gasteiger partial charge in [0, 0.05) is 39.6 Å². The van der Waals surface area contributed by atoms with Crippen molar-refractivity contribution in [2.75, 3.05) is 46.3 Å². The lowest BCUT2D eigenvalue weighted by Gasteiger charge is -2.34. The highest BCUT2D eigenvalue weighted by molar-refractivity contribution is 7.13. The molecule has 1 amide bonds. The van der Waals surface area contributed by atoms with E-state index in [1.54, 1.807) is 16.2 Å². The number of furan rings is 1. The van der Waals surface area contributed by atoms with Gasteiger partial charge in [-0.25, -0.2) is 0 Å². The van der Waals surface area contributed by atoms with Gasteiger partial charge >= 0.3 is 0 Å². The predicted octanol–water partition coefficient (Wildman–Crippen LogP) is 2.91. The van der Waals surface area contributed by atoms with E-state index in [-0.39, 0.29) is 5.91 Å². The molecule has 4 heterocycles. The quantitative estimate of drug-likeness (QED) is 0.503. The molecule has 0 bridgehead atoms. The van der Waals surface area contributed by atoms with Crippen molar-refractivity contribution in [3.8, 4) is 10.7 Å². The minimum atomic E-state index is 0.125. The lowest BCUT2D eigenvalue weighted by Crippen LogP contribution is -2.49. The summed E-state index contributed by atoms with van der Waals surface area (Å²) in [4.78, 5) is 24.4. The lowest BCUT2D eigenvalue weighted by molar-refractivity contribution is -0.132. The van der Waals surface area contributed by atoms with E-state index < -0.39 is 0 Å². The molecule has 0 N–H and O–H groups in total. The van der Waals surface area contributed by atoms with Gasteiger partial charge in [-0.15, -0.1) is 11.3 Å². The van der Waals surface area contributed by atoms with Gasteiger partial charge in [-0.3, -0.25) is 9.69 Å². The van der Waals surface area contributed by atoms with Crippen LogP contribution in [0.3, 0.4) is 0 Å². The first-order valence-corrected chi connectivity index (χ1v) is 11.6. The van der Waals surface area contributed by atoms with Gasteiger partial charge in [0.2, 0.25) is 17.6 Å². The average Bonchev–Trinajstić information content (AvgIpc) is 3.51. The number of hydrogen-bond acceptors (Lipinski definition) is 8. The Balaban J connectivity index is 1.13. The molecule has 4 rings (SSSR count). The van der Waals surface area contributed by atoms with Crippen LogP contribution in [-0.4, -0.2) is 77.1 Å². The van der Waals surface area contributed by atoms with Gasteiger partial charge in [-0.2, -0.15) is 4.98 Å². The maximum absolute atomic E-state index is 12.5. The summed E-state index contributed by atoms with van der Waals surface area (Å²) in [5, 5.41) is 6.08. The SMILES string of the molecule is Cc1ccc(CN(C)C(=O)CN2CCN(CCCc3nc(-c4cccs4)no3)CC2)o1. The molecular formula is C22H29N5O3S. The van der Waals surface area contributed by atoms with Crippen molar-refractivity contribution in [2.24, 2.45) is 0 Å². The number of carbonyl (C=O) groups excluding carboxylic acids is 1. The molecule has 0 unspecified atom stereocenters. The third-order valence-electron chi connectivity index (χ3n) is 5.51. The van der Waals surface area contributed by atoms with Crippen molar-refractivity contribution in [1.82, 2.24) is 24.8 Å². The minimum absolute atomic E-state index is 0.125. The summed E-state index contributed by atoms with van der Waals surface area (Å²) >= 11 is 1.61. The second kappa shape index (κ2) is 10.2. The maximum Gasteiger partial charge on any atom is 0.236 e. The van der Waals surface area contributed by atoms with Gasteiger partial charge in [0.25, 0.3) is 0 Å². The van der Waals surface area contributed by atoms with Gasteiger partial charge in [-0.1, -0.05) is 11.2 Å². The van der Waals surface area contributed by atoms with Crippen LogP contribution < -0.4 is 0 Å². The molecule has 1 saturated heterocycles. The molecule has 0 aliphatic carbocycles. The molecule has 0 radical (unpaired) electrons. The van der Waals surface area contributed by atoms with E-state index in [1.807, 2.05) is 43.6 Å². The van der Waals surface area contributed by atoms with Crippen molar-refractivity contribution < 1.29 is 13.7 Å². The summed E-state index contributed by atoms with van der Waals surface area (Å²) in [6.45, 7) is 7.63. The van der Waals surface area contributed by atoms with Crippen molar-refractivity contribution in [3.63, 3.8) is 0 Å². The van der Waals surface area contributed by atoms with E-state index in [9.17, 15) is 4.79 Å². The number of nitrogens with zero attached hydrogens (tertiary/aromatic N) is 5. The summed E-state index contributed by atoms with van der Waals surface area (Å²) in [7, 11) is 1.83. The number of aromatic nitrogens is 2. The van der Waals surface area contributed by atoms with E-state index in [4.69, 9.17) is 8.94 Å². The van der Waals surface area contributed by atoms with Crippen LogP contribution in [0.15, 0.2) is 38.6 Å². The number of hydrogen-bond donors (Lipinski definition) is 0. The molecule has 0 aromatic carbocycles. The van der Waals surface area contributed by atoms with Crippen LogP contribution in [0.25, 0.3) is 10.7 Å². The Morgan fingerprint density at radius 3 is 2.71 bits per heavy atom. The molecule has 0 saturated carbocycles. The van der Waals surface area contributed by atoms with E-state index >= 15 is 0 Å². The standard InChI is InChI=1S/C22H29N5O3S/c1-17-7-8-18(29-17)15-25(2)21(28)16-27-12-10-26(11-13-27)9-3-6-20-23-22(24-30-20)19-5-4-14-31-19/h4-5,7-8,14H,3,6,9-13,15-16H2,1-2H3. The number of likely N-dealkylation sites (N-methyl/N-ethyl adjacent to an activating group) is 1. The number of rotatable bonds is 9. The van der Waals surface area contributed by atoms with E-state index in [1.165, 1.54) is 0 Å². The Morgan fingerprint density at radius 2 is 2.00 bits per heavy atom. The van der Waals surface area contributed by atoms with Crippen LogP contribution in [0.1, 0.15) is 23.8 Å². The maximum atomic E-state index is 12.5. The topological polar surface area (TPSA) is 78.9 Å². The number of amides is 1. The molecule has 31 heavy (non-hydrogen) atoms. The second-order valence-corrected chi connectivity index (χ2v) is 8.92. The highest BCUT2D eigenvalue weighted by Gasteiger charge is 2.21. The Morgan fingerprint density at radius 1 is 1.19 bits per heavy atom. The van der Waals surface area contributed by atoms with Crippen LogP contribution >= 0.6 is 11.3 Å². The van der Waals surface area contributed by atoms with Gasteiger partial charge in [0.1, 0.15) is 11.5 Å². The fourth-order valence-electron chi connectivity index (χ4n) is 3.69. The second-order valence-electron chi connectivity index (χ2n) is 7.97. The zero-order valence-corrected chi connectivity index (χ0v) is 18.9. The van der Waals surface area contributed by atoms with Gasteiger partial charge in [0.05, 0.1) is 18.0 Å². The molecule has 9 heteroatoms. The number of piperazine rings is 1. The molecular weight excluding hydrogens is 414 g/mol. The first-order chi connectivity index (χ1) is 15.1. The molecule has 3 aromatic heterocycles. The Labute approximate surface area is 186 Å². The van der Waals surface area contributed by atoms with Crippen molar-refractivity contribution in [3.05, 3.63) is 47.1 Å². The number of carbonyl (C=O) groups is 1. The van der Waals surface area contributed by atoms with E-state index in [2.05, 4.69) is 19.9 Å². The van der Waals surface area contributed by atoms with E-state index in [0.717, 1.165) is 62.0 Å². The fourth-order valence-corrected chi connectivity index (χ4v) is 4.34. The fraction of sp³-hybridized carbons (Fsp3) is 0.500. The average molecular weight is 444 g/mol. The highest BCUT2D eigenvalue weighted by Crippen LogP contribution is 2.21. The summed E-state index contributed by atoms with van der Waals surface area (Å²) in [5.74, 6) is 3.19. The summed E-state index contributed by atoms with van der Waals surface area (Å²) in [6, 6.07) is 7.84. The lowest BCUT2D eigenvalue weighted by atomic mass is 10.2. The molecule has 1 aliphatic heterocycles. The third-order valence-corrected chi connectivity index (χ3v) is 6.38. The molecule has 1 fully saturated rings. The largest absolute Gasteiger partial charge is 0.464 e. The monoisotopic (exact) mass is 443 g/mol. The normalized spacial score (nSPS) is 15.4. The third kappa shape index (κ3) is 6.03. The molecule has 166 valence electrons. The Bertz CT molecular complexity index is 960. The van der Waals surface area contributed by atoms with Gasteiger partial charge in [0.15, 0.2) is 0 Å². The van der Waals surface area contributed by atoms with E-state index in [0.29, 0.717) is 24.8 Å². The first kappa shape index (κ1) is 21.7. The molecule has 3 aromatic rings. The number of aryl methyl sites for hydroxylation is 2. The number of thiophene rings is 1. The molecule has 0 spiro atoms. The van der Waals surface area contributed by atoms with Crippen molar-refractivity contribution in [2.45, 2.75) is 26.3 Å². The molecule has 1 aliphatic rings. The molecule has 0 atom stereocenters. The smallest absolute Gasteiger partial charge is 0.236 e. The highest BCUT2D eigenvalue weighted by atomic mass is 32.1. The first-order valence-electron chi connectivity index (χ1n) is 10.7.